The minimum atomic E-state index is -0.891. The third kappa shape index (κ3) is 11.1. The molecule has 0 aromatic heterocycles. The Morgan fingerprint density at radius 1 is 0.521 bits per heavy atom. The molecule has 0 spiro atoms. The van der Waals surface area contributed by atoms with Crippen molar-refractivity contribution in [2.75, 3.05) is 0 Å². The van der Waals surface area contributed by atoms with Gasteiger partial charge in [-0.25, -0.2) is 9.59 Å². The Balaban J connectivity index is 0.755. The first kappa shape index (κ1) is 54.6. The molecule has 0 radical (unpaired) electrons. The minimum Gasteiger partial charge on any atom is -0.461 e. The second-order valence-electron chi connectivity index (χ2n) is 27.9. The number of fused-ring (bicyclic) bond motifs is 10. The number of carbonyl (C=O) groups excluding carboxylic acids is 4. The van der Waals surface area contributed by atoms with Crippen LogP contribution in [0.25, 0.3) is 0 Å². The summed E-state index contributed by atoms with van der Waals surface area (Å²) in [6.45, 7) is 28.1. The molecule has 6 saturated carbocycles. The van der Waals surface area contributed by atoms with Gasteiger partial charge in [0.1, 0.15) is 30.7 Å². The molecule has 0 saturated heterocycles. The van der Waals surface area contributed by atoms with E-state index < -0.39 is 42.3 Å². The molecule has 0 unspecified atom stereocenters. The van der Waals surface area contributed by atoms with Crippen molar-refractivity contribution in [3.05, 3.63) is 23.3 Å². The molecule has 71 heavy (non-hydrogen) atoms. The van der Waals surface area contributed by atoms with Crippen LogP contribution >= 0.6 is 0 Å². The van der Waals surface area contributed by atoms with Crippen LogP contribution in [0.4, 0.5) is 0 Å². The SMILES string of the molecule is CC(C)CCC[C@@H](C)[C@H]1CC[C@H]2[C@@H]3CC=C4C[C@@H](OC(=O)[C@H](C)NC(=O)CC(=O)N[C@@H](C)C(=O)O[C@H]5CC[C@@]6(C)C(=CC[C@H]7[C@@H]8CC[C@H]([C@H](C)CCCC(C)C)[C@@]8(C)CC[C@@H]76)C5)CC[C@]4(C)[C@H]3CC[C@]12C. The molecule has 2 amide bonds. The van der Waals surface area contributed by atoms with Gasteiger partial charge < -0.3 is 20.1 Å². The number of nitrogens with one attached hydrogen (secondary N) is 2. The fraction of sp³-hybridized carbons (Fsp3) is 0.873. The van der Waals surface area contributed by atoms with Crippen LogP contribution in [0.3, 0.4) is 0 Å². The average Bonchev–Trinajstić information content (AvgIpc) is 3.85. The third-order valence-corrected chi connectivity index (χ3v) is 22.9. The maximum Gasteiger partial charge on any atom is 0.328 e. The van der Waals surface area contributed by atoms with E-state index in [0.717, 1.165) is 111 Å². The summed E-state index contributed by atoms with van der Waals surface area (Å²) < 4.78 is 12.2. The summed E-state index contributed by atoms with van der Waals surface area (Å²) in [5, 5.41) is 5.38. The summed E-state index contributed by atoms with van der Waals surface area (Å²) in [5.41, 5.74) is 4.16. The summed E-state index contributed by atoms with van der Waals surface area (Å²) >= 11 is 0. The fourth-order valence-electron chi connectivity index (χ4n) is 18.9. The van der Waals surface area contributed by atoms with E-state index in [-0.39, 0.29) is 23.0 Å². The van der Waals surface area contributed by atoms with E-state index >= 15 is 0 Å². The molecule has 8 rings (SSSR count). The number of hydrogen-bond donors (Lipinski definition) is 2. The van der Waals surface area contributed by atoms with Crippen LogP contribution in [0.1, 0.15) is 231 Å². The van der Waals surface area contributed by atoms with Crippen LogP contribution < -0.4 is 10.6 Å². The van der Waals surface area contributed by atoms with Crippen molar-refractivity contribution in [3.8, 4) is 0 Å². The third-order valence-electron chi connectivity index (χ3n) is 22.9. The van der Waals surface area contributed by atoms with Gasteiger partial charge in [-0.3, -0.25) is 9.59 Å². The van der Waals surface area contributed by atoms with Gasteiger partial charge in [0.15, 0.2) is 0 Å². The molecular weight excluding hydrogens is 881 g/mol. The molecule has 400 valence electrons. The lowest BCUT2D eigenvalue weighted by Gasteiger charge is -2.58. The second-order valence-corrected chi connectivity index (χ2v) is 27.9. The Kier molecular flexibility index (Phi) is 16.9. The van der Waals surface area contributed by atoms with Gasteiger partial charge in [0.05, 0.1) is 0 Å². The molecule has 8 aliphatic carbocycles. The first-order valence-electron chi connectivity index (χ1n) is 30.0. The summed E-state index contributed by atoms with van der Waals surface area (Å²) in [7, 11) is 0. The average molecular weight is 984 g/mol. The second kappa shape index (κ2) is 21.9. The number of carbonyl (C=O) groups is 4. The zero-order chi connectivity index (χ0) is 51.2. The van der Waals surface area contributed by atoms with Crippen LogP contribution in [-0.2, 0) is 28.7 Å². The van der Waals surface area contributed by atoms with E-state index in [1.807, 2.05) is 0 Å². The maximum absolute atomic E-state index is 13.4. The number of hydrogen-bond acceptors (Lipinski definition) is 6. The predicted octanol–water partition coefficient (Wildman–Crippen LogP) is 14.3. The molecule has 8 nitrogen and oxygen atoms in total. The Hall–Kier alpha value is -2.64. The Labute approximate surface area is 432 Å². The van der Waals surface area contributed by atoms with Gasteiger partial charge in [-0.1, -0.05) is 131 Å². The van der Waals surface area contributed by atoms with Crippen molar-refractivity contribution in [2.45, 2.75) is 255 Å². The largest absolute Gasteiger partial charge is 0.461 e. The Morgan fingerprint density at radius 3 is 1.30 bits per heavy atom. The number of ether oxygens (including phenoxy) is 2. The summed E-state index contributed by atoms with van der Waals surface area (Å²) in [5.74, 6) is 7.29. The molecule has 8 aliphatic rings. The van der Waals surface area contributed by atoms with Crippen LogP contribution in [0.5, 0.6) is 0 Å². The topological polar surface area (TPSA) is 111 Å². The van der Waals surface area contributed by atoms with Gasteiger partial charge in [0, 0.05) is 12.8 Å². The number of rotatable bonds is 18. The summed E-state index contributed by atoms with van der Waals surface area (Å²) in [6.07, 6.45) is 30.7. The van der Waals surface area contributed by atoms with Crippen molar-refractivity contribution < 1.29 is 28.7 Å². The Morgan fingerprint density at radius 2 is 0.915 bits per heavy atom. The highest BCUT2D eigenvalue weighted by Crippen LogP contribution is 2.69. The van der Waals surface area contributed by atoms with Gasteiger partial charge in [-0.05, 0) is 196 Å². The molecule has 8 heteroatoms. The molecule has 0 aromatic carbocycles. The molecule has 0 bridgehead atoms. The lowest BCUT2D eigenvalue weighted by atomic mass is 9.47. The monoisotopic (exact) mass is 983 g/mol. The number of esters is 2. The lowest BCUT2D eigenvalue weighted by molar-refractivity contribution is -0.155. The normalized spacial score (nSPS) is 40.0. The smallest absolute Gasteiger partial charge is 0.328 e. The maximum atomic E-state index is 13.4. The standard InChI is InChI=1S/C63H102N2O6/c1-38(2)15-13-17-40(5)50-23-25-52-48-21-19-44-35-46(27-31-60(44,9)54(48)29-33-62(50,52)11)70-58(68)42(7)64-56(66)37-57(67)65-43(8)59(69)71-47-28-32-61(10)45(36-47)20-22-49-53-26-24-51(41(6)18-14-16-39(3)4)63(53,12)34-30-55(49)61/h19-20,38-43,46-55H,13-18,21-37H2,1-12H3,(H,64,66)(H,65,67)/t40-,41-,42+,43+,46+,47+,48+,49+,50-,51-,52+,53+,54+,55+,60+,61+,62-,63-/m1/s1. The fourth-order valence-corrected chi connectivity index (χ4v) is 18.9. The molecule has 18 atom stereocenters. The molecule has 0 aromatic rings. The van der Waals surface area contributed by atoms with Gasteiger partial charge in [0.25, 0.3) is 0 Å². The molecule has 2 N–H and O–H groups in total. The van der Waals surface area contributed by atoms with Crippen molar-refractivity contribution in [3.63, 3.8) is 0 Å². The van der Waals surface area contributed by atoms with E-state index in [1.165, 1.54) is 101 Å². The van der Waals surface area contributed by atoms with Crippen molar-refractivity contribution in [1.82, 2.24) is 10.6 Å². The highest BCUT2D eigenvalue weighted by Gasteiger charge is 2.61. The van der Waals surface area contributed by atoms with Crippen molar-refractivity contribution in [1.29, 1.82) is 0 Å². The van der Waals surface area contributed by atoms with Crippen LogP contribution in [0.15, 0.2) is 23.3 Å². The van der Waals surface area contributed by atoms with Crippen molar-refractivity contribution in [2.24, 2.45) is 92.7 Å². The zero-order valence-corrected chi connectivity index (χ0v) is 47.1. The minimum absolute atomic E-state index is 0.155. The first-order chi connectivity index (χ1) is 33.6. The molecule has 6 fully saturated rings. The number of allylic oxidation sites excluding steroid dienone is 2. The quantitative estimate of drug-likeness (QED) is 0.0804. The molecule has 0 aliphatic heterocycles. The lowest BCUT2D eigenvalue weighted by Crippen LogP contribution is -2.51. The van der Waals surface area contributed by atoms with Crippen LogP contribution in [-0.4, -0.2) is 48.0 Å². The van der Waals surface area contributed by atoms with Crippen molar-refractivity contribution >= 4 is 23.8 Å². The van der Waals surface area contributed by atoms with E-state index in [9.17, 15) is 19.2 Å². The molecular formula is C63H102N2O6. The van der Waals surface area contributed by atoms with E-state index in [0.29, 0.717) is 22.7 Å². The zero-order valence-electron chi connectivity index (χ0n) is 47.1. The van der Waals surface area contributed by atoms with Gasteiger partial charge in [0.2, 0.25) is 11.8 Å². The van der Waals surface area contributed by atoms with Gasteiger partial charge in [-0.15, -0.1) is 0 Å². The highest BCUT2D eigenvalue weighted by molar-refractivity contribution is 5.99. The van der Waals surface area contributed by atoms with Gasteiger partial charge >= 0.3 is 11.9 Å². The highest BCUT2D eigenvalue weighted by atomic mass is 16.5. The summed E-state index contributed by atoms with van der Waals surface area (Å²) in [6, 6.07) is -1.78. The van der Waals surface area contributed by atoms with Gasteiger partial charge in [-0.2, -0.15) is 0 Å². The van der Waals surface area contributed by atoms with E-state index in [1.54, 1.807) is 13.8 Å². The number of amides is 2. The molecule has 0 heterocycles. The van der Waals surface area contributed by atoms with E-state index in [2.05, 4.69) is 92.0 Å². The predicted molar refractivity (Wildman–Crippen MR) is 286 cm³/mol. The van der Waals surface area contributed by atoms with Crippen LogP contribution in [0.2, 0.25) is 0 Å². The summed E-state index contributed by atoms with van der Waals surface area (Å²) in [4.78, 5) is 52.9. The Bertz CT molecular complexity index is 1850. The van der Waals surface area contributed by atoms with E-state index in [4.69, 9.17) is 9.47 Å². The van der Waals surface area contributed by atoms with Crippen LogP contribution in [0, 0.1) is 92.7 Å². The first-order valence-corrected chi connectivity index (χ1v) is 30.0.